The van der Waals surface area contributed by atoms with E-state index in [4.69, 9.17) is 0 Å². The molecule has 0 atom stereocenters. The molecule has 296 valence electrons. The number of rotatable bonds is 4. The van der Waals surface area contributed by atoms with Crippen molar-refractivity contribution in [3.63, 3.8) is 0 Å². The maximum absolute atomic E-state index is 9.22. The average Bonchev–Trinajstić information content (AvgIpc) is 3.62. The second-order valence-corrected chi connectivity index (χ2v) is 19.1. The molecular weight excluding hydrogens is 931 g/mol. The lowest BCUT2D eigenvalue weighted by Crippen LogP contribution is -2.31. The van der Waals surface area contributed by atoms with E-state index >= 15 is 0 Å². The van der Waals surface area contributed by atoms with Crippen LogP contribution in [0.4, 0.5) is 0 Å². The van der Waals surface area contributed by atoms with Crippen LogP contribution in [0.3, 0.4) is 0 Å². The maximum atomic E-state index is 9.22. The van der Waals surface area contributed by atoms with Crippen molar-refractivity contribution in [3.8, 4) is 55.6 Å². The third kappa shape index (κ3) is 8.17. The van der Waals surface area contributed by atoms with E-state index in [9.17, 15) is 10.0 Å². The van der Waals surface area contributed by atoms with E-state index in [0.29, 0.717) is 5.46 Å². The van der Waals surface area contributed by atoms with E-state index in [-0.39, 0.29) is 10.8 Å². The van der Waals surface area contributed by atoms with Crippen LogP contribution in [0.15, 0.2) is 195 Å². The molecule has 10 rings (SSSR count). The Morgan fingerprint density at radius 1 is 0.333 bits per heavy atom. The molecule has 8 aromatic carbocycles. The Bertz CT molecular complexity index is 2780. The first kappa shape index (κ1) is 41.9. The van der Waals surface area contributed by atoms with Gasteiger partial charge in [0.25, 0.3) is 0 Å². The molecule has 2 aliphatic carbocycles. The zero-order chi connectivity index (χ0) is 42.2. The number of hydrogen-bond donors (Lipinski definition) is 2. The highest BCUT2D eigenvalue weighted by molar-refractivity contribution is 9.11. The van der Waals surface area contributed by atoms with Crippen LogP contribution in [0.5, 0.6) is 0 Å². The molecule has 0 unspecified atom stereocenters. The van der Waals surface area contributed by atoms with E-state index in [1.165, 1.54) is 66.8 Å². The molecule has 2 nitrogen and oxygen atoms in total. The fourth-order valence-electron chi connectivity index (χ4n) is 8.77. The lowest BCUT2D eigenvalue weighted by Gasteiger charge is -2.22. The zero-order valence-electron chi connectivity index (χ0n) is 33.9. The third-order valence-electron chi connectivity index (χ3n) is 11.9. The van der Waals surface area contributed by atoms with E-state index in [1.807, 2.05) is 42.5 Å². The van der Waals surface area contributed by atoms with Crippen molar-refractivity contribution in [3.05, 3.63) is 218 Å². The van der Waals surface area contributed by atoms with E-state index in [1.54, 1.807) is 12.1 Å². The van der Waals surface area contributed by atoms with Gasteiger partial charge in [-0.1, -0.05) is 215 Å². The zero-order valence-corrected chi connectivity index (χ0v) is 38.7. The van der Waals surface area contributed by atoms with E-state index < -0.39 is 7.12 Å². The molecule has 0 saturated heterocycles. The van der Waals surface area contributed by atoms with Crippen LogP contribution in [0.2, 0.25) is 0 Å². The minimum Gasteiger partial charge on any atom is -0.423 e. The summed E-state index contributed by atoms with van der Waals surface area (Å²) in [5.74, 6) is 0. The Morgan fingerprint density at radius 3 is 1.10 bits per heavy atom. The summed E-state index contributed by atoms with van der Waals surface area (Å²) < 4.78 is 3.44. The van der Waals surface area contributed by atoms with E-state index in [0.717, 1.165) is 24.5 Å². The highest BCUT2D eigenvalue weighted by atomic mass is 79.9. The molecule has 0 bridgehead atoms. The first-order chi connectivity index (χ1) is 28.8. The molecule has 0 aliphatic heterocycles. The average molecular weight is 975 g/mol. The van der Waals surface area contributed by atoms with Gasteiger partial charge >= 0.3 is 7.12 Å². The second-order valence-electron chi connectivity index (χ2n) is 16.3. The van der Waals surface area contributed by atoms with Crippen LogP contribution >= 0.6 is 47.8 Å². The molecule has 0 spiro atoms. The summed E-state index contributed by atoms with van der Waals surface area (Å²) in [5, 5.41) is 18.4. The summed E-state index contributed by atoms with van der Waals surface area (Å²) in [6.45, 7) is 9.24. The molecule has 60 heavy (non-hydrogen) atoms. The van der Waals surface area contributed by atoms with Gasteiger partial charge in [-0.05, 0) is 126 Å². The van der Waals surface area contributed by atoms with E-state index in [2.05, 4.69) is 203 Å². The summed E-state index contributed by atoms with van der Waals surface area (Å²) in [4.78, 5) is 0. The lowest BCUT2D eigenvalue weighted by molar-refractivity contribution is 0.426. The Kier molecular flexibility index (Phi) is 12.1. The van der Waals surface area contributed by atoms with Crippen molar-refractivity contribution >= 4 is 60.4 Å². The smallest absolute Gasteiger partial charge is 0.423 e. The second kappa shape index (κ2) is 17.3. The molecule has 8 aromatic rings. The Labute approximate surface area is 379 Å². The molecule has 0 heterocycles. The highest BCUT2D eigenvalue weighted by Gasteiger charge is 2.37. The molecule has 0 aromatic heterocycles. The number of hydrogen-bond acceptors (Lipinski definition) is 2. The first-order valence-electron chi connectivity index (χ1n) is 20.1. The minimum atomic E-state index is -1.43. The highest BCUT2D eigenvalue weighted by Crippen LogP contribution is 2.51. The molecular formula is C54H44BBr3O2. The minimum absolute atomic E-state index is 0.00779. The van der Waals surface area contributed by atoms with Gasteiger partial charge in [-0.3, -0.25) is 0 Å². The summed E-state index contributed by atoms with van der Waals surface area (Å²) in [7, 11) is -1.43. The standard InChI is InChI=1S/C27H21Br.C15H12Br2.C12H11BO2/c1-27(2)25-16-19(12-14-23(25)24-15-13-20(28)17-26(24)27)22-11-7-6-10-21(22)18-8-4-3-5-9-18;1-15(2)13-7-9(16)3-5-11(13)12-6-4-10(17)8-14(12)15;14-13(15)12-9-5-4-8-11(12)10-6-2-1-3-7-10/h3-17H,1-2H3;3-8H,1-2H3;1-9,14-15H. The van der Waals surface area contributed by atoms with Gasteiger partial charge in [0.15, 0.2) is 0 Å². The molecule has 2 N–H and O–H groups in total. The maximum Gasteiger partial charge on any atom is 0.489 e. The Morgan fingerprint density at radius 2 is 0.667 bits per heavy atom. The van der Waals surface area contributed by atoms with Gasteiger partial charge in [0, 0.05) is 24.2 Å². The Balaban J connectivity index is 0.000000134. The molecule has 0 fully saturated rings. The largest absolute Gasteiger partial charge is 0.489 e. The van der Waals surface area contributed by atoms with Gasteiger partial charge in [0.05, 0.1) is 0 Å². The van der Waals surface area contributed by atoms with Crippen LogP contribution in [0.25, 0.3) is 55.6 Å². The fourth-order valence-corrected chi connectivity index (χ4v) is 9.85. The number of fused-ring (bicyclic) bond motifs is 6. The van der Waals surface area contributed by atoms with Crippen molar-refractivity contribution < 1.29 is 10.0 Å². The number of halogens is 3. The van der Waals surface area contributed by atoms with Crippen LogP contribution in [-0.4, -0.2) is 17.2 Å². The monoisotopic (exact) mass is 972 g/mol. The number of benzene rings is 8. The van der Waals surface area contributed by atoms with Crippen molar-refractivity contribution in [2.24, 2.45) is 0 Å². The molecule has 2 aliphatic rings. The molecule has 0 amide bonds. The Hall–Kier alpha value is -4.82. The first-order valence-corrected chi connectivity index (χ1v) is 22.4. The predicted molar refractivity (Wildman–Crippen MR) is 264 cm³/mol. The van der Waals surface area contributed by atoms with Gasteiger partial charge in [-0.25, -0.2) is 0 Å². The lowest BCUT2D eigenvalue weighted by atomic mass is 9.75. The molecule has 0 radical (unpaired) electrons. The van der Waals surface area contributed by atoms with Gasteiger partial charge in [0.1, 0.15) is 0 Å². The fraction of sp³-hybridized carbons (Fsp3) is 0.111. The van der Waals surface area contributed by atoms with Gasteiger partial charge in [-0.2, -0.15) is 0 Å². The van der Waals surface area contributed by atoms with Crippen LogP contribution in [-0.2, 0) is 10.8 Å². The molecule has 6 heteroatoms. The molecule has 0 saturated carbocycles. The predicted octanol–water partition coefficient (Wildman–Crippen LogP) is 14.6. The van der Waals surface area contributed by atoms with Crippen LogP contribution < -0.4 is 5.46 Å². The van der Waals surface area contributed by atoms with Crippen LogP contribution in [0, 0.1) is 0 Å². The third-order valence-corrected chi connectivity index (χ3v) is 13.4. The summed E-state index contributed by atoms with van der Waals surface area (Å²) in [6.07, 6.45) is 0. The van der Waals surface area contributed by atoms with Crippen molar-refractivity contribution in [2.75, 3.05) is 0 Å². The summed E-state index contributed by atoms with van der Waals surface area (Å²) in [5.41, 5.74) is 18.6. The van der Waals surface area contributed by atoms with Gasteiger partial charge in [0.2, 0.25) is 0 Å². The van der Waals surface area contributed by atoms with Crippen molar-refractivity contribution in [1.29, 1.82) is 0 Å². The van der Waals surface area contributed by atoms with Crippen molar-refractivity contribution in [2.45, 2.75) is 38.5 Å². The van der Waals surface area contributed by atoms with Gasteiger partial charge in [-0.15, -0.1) is 0 Å². The van der Waals surface area contributed by atoms with Crippen LogP contribution in [0.1, 0.15) is 49.9 Å². The normalized spacial score (nSPS) is 13.3. The topological polar surface area (TPSA) is 40.5 Å². The SMILES string of the molecule is CC1(C)c2cc(Br)ccc2-c2ccc(-c3ccccc3-c3ccccc3)cc21.CC1(C)c2cc(Br)ccc2-c2ccc(Br)cc21.OB(O)c1ccccc1-c1ccccc1. The quantitative estimate of drug-likeness (QED) is 0.173. The summed E-state index contributed by atoms with van der Waals surface area (Å²) in [6, 6.07) is 63.0. The van der Waals surface area contributed by atoms with Crippen molar-refractivity contribution in [1.82, 2.24) is 0 Å². The van der Waals surface area contributed by atoms with Gasteiger partial charge < -0.3 is 10.0 Å². The summed E-state index contributed by atoms with van der Waals surface area (Å²) >= 11 is 10.8.